The van der Waals surface area contributed by atoms with Gasteiger partial charge in [-0.05, 0) is 47.4 Å². The number of hydrogen-bond acceptors (Lipinski definition) is 3. The summed E-state index contributed by atoms with van der Waals surface area (Å²) in [6.45, 7) is 1.54. The average Bonchev–Trinajstić information content (AvgIpc) is 3.05. The number of nitrogens with zero attached hydrogens (tertiary/aromatic N) is 1. The third-order valence-corrected chi connectivity index (χ3v) is 5.65. The Hall–Kier alpha value is -3.87. The monoisotopic (exact) mass is 434 g/mol. The SMILES string of the molecule is CCc1ccc(C(=O)CN2C(=O)NC(c3ccc(F)cc3)(c3ccc(F)cc3)C2=O)cc1. The summed E-state index contributed by atoms with van der Waals surface area (Å²) >= 11 is 0. The number of hydrogen-bond donors (Lipinski definition) is 1. The van der Waals surface area contributed by atoms with Gasteiger partial charge in [0.2, 0.25) is 0 Å². The molecule has 0 bridgehead atoms. The molecule has 7 heteroatoms. The van der Waals surface area contributed by atoms with E-state index in [2.05, 4.69) is 5.32 Å². The number of imide groups is 1. The van der Waals surface area contributed by atoms with Crippen molar-refractivity contribution in [1.29, 1.82) is 0 Å². The molecule has 0 saturated carbocycles. The molecule has 3 aromatic rings. The first-order valence-corrected chi connectivity index (χ1v) is 10.1. The minimum absolute atomic E-state index is 0.297. The number of rotatable bonds is 6. The van der Waals surface area contributed by atoms with Gasteiger partial charge in [-0.3, -0.25) is 14.5 Å². The zero-order chi connectivity index (χ0) is 22.9. The molecule has 4 rings (SSSR count). The van der Waals surface area contributed by atoms with E-state index in [-0.39, 0.29) is 0 Å². The quantitative estimate of drug-likeness (QED) is 0.467. The number of halogens is 2. The number of ketones is 1. The maximum Gasteiger partial charge on any atom is 0.325 e. The molecule has 0 aromatic heterocycles. The van der Waals surface area contributed by atoms with E-state index in [1.807, 2.05) is 19.1 Å². The molecule has 3 amide bonds. The number of carbonyl (C=O) groups is 3. The first kappa shape index (κ1) is 21.4. The Morgan fingerprint density at radius 1 is 0.844 bits per heavy atom. The second kappa shape index (κ2) is 8.34. The van der Waals surface area contributed by atoms with Crippen molar-refractivity contribution in [2.24, 2.45) is 0 Å². The second-order valence-corrected chi connectivity index (χ2v) is 7.56. The van der Waals surface area contributed by atoms with E-state index in [0.29, 0.717) is 16.7 Å². The Morgan fingerprint density at radius 3 is 1.81 bits per heavy atom. The normalized spacial score (nSPS) is 15.0. The predicted octanol–water partition coefficient (Wildman–Crippen LogP) is 4.21. The number of benzene rings is 3. The molecular weight excluding hydrogens is 414 g/mol. The van der Waals surface area contributed by atoms with Crippen LogP contribution in [0.5, 0.6) is 0 Å². The summed E-state index contributed by atoms with van der Waals surface area (Å²) in [5.74, 6) is -2.12. The van der Waals surface area contributed by atoms with Crippen LogP contribution in [0.15, 0.2) is 72.8 Å². The van der Waals surface area contributed by atoms with Crippen molar-refractivity contribution in [2.45, 2.75) is 18.9 Å². The summed E-state index contributed by atoms with van der Waals surface area (Å²) < 4.78 is 27.1. The van der Waals surface area contributed by atoms with Crippen LogP contribution in [0, 0.1) is 11.6 Å². The molecule has 5 nitrogen and oxygen atoms in total. The molecule has 0 spiro atoms. The lowest BCUT2D eigenvalue weighted by molar-refractivity contribution is -0.129. The van der Waals surface area contributed by atoms with Crippen LogP contribution in [0.1, 0.15) is 34.0 Å². The third-order valence-electron chi connectivity index (χ3n) is 5.65. The maximum atomic E-state index is 13.6. The van der Waals surface area contributed by atoms with E-state index in [1.54, 1.807) is 12.1 Å². The van der Waals surface area contributed by atoms with Crippen LogP contribution in [0.2, 0.25) is 0 Å². The molecule has 32 heavy (non-hydrogen) atoms. The van der Waals surface area contributed by atoms with Crippen LogP contribution in [0.25, 0.3) is 0 Å². The highest BCUT2D eigenvalue weighted by Crippen LogP contribution is 2.36. The first-order chi connectivity index (χ1) is 15.3. The smallest absolute Gasteiger partial charge is 0.315 e. The Bertz CT molecular complexity index is 1130. The molecule has 3 aromatic carbocycles. The van der Waals surface area contributed by atoms with Crippen LogP contribution in [-0.4, -0.2) is 29.2 Å². The van der Waals surface area contributed by atoms with Crippen LogP contribution >= 0.6 is 0 Å². The van der Waals surface area contributed by atoms with Crippen molar-refractivity contribution in [3.05, 3.63) is 107 Å². The van der Waals surface area contributed by atoms with E-state index in [1.165, 1.54) is 48.5 Å². The fourth-order valence-electron chi connectivity index (χ4n) is 3.84. The van der Waals surface area contributed by atoms with Gasteiger partial charge in [-0.15, -0.1) is 0 Å². The number of Topliss-reactive ketones (excluding diaryl/α,β-unsaturated/α-hetero) is 1. The van der Waals surface area contributed by atoms with E-state index in [9.17, 15) is 23.2 Å². The lowest BCUT2D eigenvalue weighted by Gasteiger charge is -2.28. The van der Waals surface area contributed by atoms with E-state index in [0.717, 1.165) is 16.9 Å². The standard InChI is InChI=1S/C25H20F2N2O3/c1-2-16-3-5-17(6-4-16)22(30)15-29-23(31)25(28-24(29)32,18-7-11-20(26)12-8-18)19-9-13-21(27)14-10-19/h3-14H,2,15H2,1H3,(H,28,32). The Balaban J connectivity index is 1.71. The van der Waals surface area contributed by atoms with Gasteiger partial charge in [-0.25, -0.2) is 13.6 Å². The van der Waals surface area contributed by atoms with Gasteiger partial charge >= 0.3 is 6.03 Å². The third kappa shape index (κ3) is 3.66. The van der Waals surface area contributed by atoms with Crippen LogP contribution in [0.3, 0.4) is 0 Å². The van der Waals surface area contributed by atoms with Crippen LogP contribution in [0.4, 0.5) is 13.6 Å². The molecule has 0 unspecified atom stereocenters. The zero-order valence-corrected chi connectivity index (χ0v) is 17.3. The molecule has 1 aliphatic heterocycles. The molecule has 1 heterocycles. The van der Waals surface area contributed by atoms with Crippen molar-refractivity contribution in [3.63, 3.8) is 0 Å². The van der Waals surface area contributed by atoms with Crippen molar-refractivity contribution >= 4 is 17.7 Å². The van der Waals surface area contributed by atoms with E-state index in [4.69, 9.17) is 0 Å². The van der Waals surface area contributed by atoms with E-state index >= 15 is 0 Å². The number of amides is 3. The van der Waals surface area contributed by atoms with Crippen LogP contribution in [-0.2, 0) is 16.8 Å². The Labute approximate surface area is 183 Å². The molecule has 0 radical (unpaired) electrons. The van der Waals surface area contributed by atoms with Crippen molar-refractivity contribution < 1.29 is 23.2 Å². The second-order valence-electron chi connectivity index (χ2n) is 7.56. The molecular formula is C25H20F2N2O3. The highest BCUT2D eigenvalue weighted by atomic mass is 19.1. The van der Waals surface area contributed by atoms with Gasteiger partial charge < -0.3 is 5.32 Å². The molecule has 1 N–H and O–H groups in total. The van der Waals surface area contributed by atoms with E-state index < -0.39 is 41.4 Å². The number of urea groups is 1. The molecule has 162 valence electrons. The lowest BCUT2D eigenvalue weighted by Crippen LogP contribution is -2.45. The van der Waals surface area contributed by atoms with Crippen molar-refractivity contribution in [3.8, 4) is 0 Å². The lowest BCUT2D eigenvalue weighted by atomic mass is 9.82. The highest BCUT2D eigenvalue weighted by molar-refractivity contribution is 6.13. The molecule has 1 aliphatic rings. The Kier molecular flexibility index (Phi) is 5.57. The minimum Gasteiger partial charge on any atom is -0.315 e. The molecule has 1 saturated heterocycles. The molecule has 0 aliphatic carbocycles. The summed E-state index contributed by atoms with van der Waals surface area (Å²) in [4.78, 5) is 40.0. The largest absolute Gasteiger partial charge is 0.325 e. The topological polar surface area (TPSA) is 66.5 Å². The maximum absolute atomic E-state index is 13.6. The van der Waals surface area contributed by atoms with Crippen molar-refractivity contribution in [2.75, 3.05) is 6.54 Å². The zero-order valence-electron chi connectivity index (χ0n) is 17.3. The predicted molar refractivity (Wildman–Crippen MR) is 114 cm³/mol. The fourth-order valence-corrected chi connectivity index (χ4v) is 3.84. The molecule has 0 atom stereocenters. The number of nitrogens with one attached hydrogen (secondary N) is 1. The summed E-state index contributed by atoms with van der Waals surface area (Å²) in [5.41, 5.74) is 0.328. The van der Waals surface area contributed by atoms with Gasteiger partial charge in [0, 0.05) is 5.56 Å². The van der Waals surface area contributed by atoms with Gasteiger partial charge in [0.25, 0.3) is 5.91 Å². The number of carbonyl (C=O) groups excluding carboxylic acids is 3. The fraction of sp³-hybridized carbons (Fsp3) is 0.160. The Morgan fingerprint density at radius 2 is 1.34 bits per heavy atom. The summed E-state index contributed by atoms with van der Waals surface area (Å²) in [6.07, 6.45) is 0.819. The van der Waals surface area contributed by atoms with Crippen molar-refractivity contribution in [1.82, 2.24) is 10.2 Å². The summed E-state index contributed by atoms with van der Waals surface area (Å²) in [5, 5.41) is 2.65. The van der Waals surface area contributed by atoms with Crippen LogP contribution < -0.4 is 5.32 Å². The summed E-state index contributed by atoms with van der Waals surface area (Å²) in [6, 6.07) is 16.4. The van der Waals surface area contributed by atoms with Gasteiger partial charge in [0.15, 0.2) is 11.3 Å². The van der Waals surface area contributed by atoms with Gasteiger partial charge in [-0.2, -0.15) is 0 Å². The van der Waals surface area contributed by atoms with Gasteiger partial charge in [0.05, 0.1) is 6.54 Å². The van der Waals surface area contributed by atoms with Gasteiger partial charge in [0.1, 0.15) is 11.6 Å². The van der Waals surface area contributed by atoms with Gasteiger partial charge in [-0.1, -0.05) is 55.5 Å². The highest BCUT2D eigenvalue weighted by Gasteiger charge is 2.54. The number of aryl methyl sites for hydroxylation is 1. The summed E-state index contributed by atoms with van der Waals surface area (Å²) in [7, 11) is 0. The molecule has 1 fully saturated rings. The first-order valence-electron chi connectivity index (χ1n) is 10.1. The minimum atomic E-state index is -1.70. The average molecular weight is 434 g/mol.